The number of aryl methyl sites for hydroxylation is 1. The average Bonchev–Trinajstić information content (AvgIpc) is 3.14. The van der Waals surface area contributed by atoms with E-state index in [-0.39, 0.29) is 0 Å². The molecule has 30 heavy (non-hydrogen) atoms. The number of rotatable bonds is 3. The zero-order valence-corrected chi connectivity index (χ0v) is 16.6. The van der Waals surface area contributed by atoms with Crippen LogP contribution in [-0.2, 0) is 26.9 Å². The lowest BCUT2D eigenvalue weighted by atomic mass is 10.1. The molecule has 0 aliphatic carbocycles. The molecule has 2 aromatic heterocycles. The number of aromatic nitrogens is 4. The van der Waals surface area contributed by atoms with Crippen molar-refractivity contribution in [3.63, 3.8) is 0 Å². The van der Waals surface area contributed by atoms with Gasteiger partial charge < -0.3 is 9.47 Å². The second-order valence-corrected chi connectivity index (χ2v) is 7.39. The van der Waals surface area contributed by atoms with Crippen molar-refractivity contribution in [1.82, 2.24) is 23.6 Å². The molecule has 0 amide bonds. The van der Waals surface area contributed by atoms with Gasteiger partial charge in [-0.2, -0.15) is 13.2 Å². The van der Waals surface area contributed by atoms with Crippen LogP contribution in [0.1, 0.15) is 5.56 Å². The number of halogens is 3. The Morgan fingerprint density at radius 1 is 1.03 bits per heavy atom. The van der Waals surface area contributed by atoms with Crippen LogP contribution in [0.25, 0.3) is 11.2 Å². The Bertz CT molecular complexity index is 1200. The first-order valence-corrected chi connectivity index (χ1v) is 9.42. The van der Waals surface area contributed by atoms with E-state index in [1.807, 2.05) is 4.90 Å². The van der Waals surface area contributed by atoms with E-state index < -0.39 is 23.0 Å². The number of alkyl halides is 3. The fourth-order valence-corrected chi connectivity index (χ4v) is 3.75. The minimum Gasteiger partial charge on any atom is -0.369 e. The summed E-state index contributed by atoms with van der Waals surface area (Å²) in [6.45, 7) is 2.75. The van der Waals surface area contributed by atoms with Crippen molar-refractivity contribution < 1.29 is 13.2 Å². The number of imidazole rings is 1. The van der Waals surface area contributed by atoms with Gasteiger partial charge >= 0.3 is 11.9 Å². The first-order chi connectivity index (χ1) is 14.2. The Balaban J connectivity index is 1.50. The van der Waals surface area contributed by atoms with Crippen molar-refractivity contribution in [2.24, 2.45) is 14.1 Å². The molecule has 0 radical (unpaired) electrons. The van der Waals surface area contributed by atoms with Crippen molar-refractivity contribution in [3.8, 4) is 0 Å². The molecule has 1 saturated heterocycles. The van der Waals surface area contributed by atoms with Crippen LogP contribution >= 0.6 is 0 Å². The van der Waals surface area contributed by atoms with Crippen LogP contribution in [0.3, 0.4) is 0 Å². The third-order valence-corrected chi connectivity index (χ3v) is 5.48. The van der Waals surface area contributed by atoms with Crippen LogP contribution in [0.5, 0.6) is 0 Å². The Labute approximate surface area is 169 Å². The summed E-state index contributed by atoms with van der Waals surface area (Å²) in [5, 5.41) is 0. The number of benzene rings is 1. The maximum Gasteiger partial charge on any atom is 0.416 e. The molecule has 0 spiro atoms. The lowest BCUT2D eigenvalue weighted by molar-refractivity contribution is -0.137. The summed E-state index contributed by atoms with van der Waals surface area (Å²) >= 11 is 0. The smallest absolute Gasteiger partial charge is 0.369 e. The average molecular weight is 422 g/mol. The van der Waals surface area contributed by atoms with Crippen LogP contribution < -0.4 is 16.1 Å². The summed E-state index contributed by atoms with van der Waals surface area (Å²) in [7, 11) is 2.99. The van der Waals surface area contributed by atoms with Gasteiger partial charge in [0.1, 0.15) is 0 Å². The van der Waals surface area contributed by atoms with E-state index in [9.17, 15) is 22.8 Å². The van der Waals surface area contributed by atoms with Gasteiger partial charge in [-0.1, -0.05) is 6.07 Å². The molecule has 3 aromatic rings. The van der Waals surface area contributed by atoms with Crippen LogP contribution in [0, 0.1) is 0 Å². The zero-order chi connectivity index (χ0) is 21.6. The molecule has 0 N–H and O–H groups in total. The predicted molar refractivity (Wildman–Crippen MR) is 105 cm³/mol. The Hall–Kier alpha value is -3.08. The molecule has 1 aliphatic heterocycles. The van der Waals surface area contributed by atoms with Crippen LogP contribution in [-0.4, -0.2) is 49.8 Å². The van der Waals surface area contributed by atoms with Gasteiger partial charge in [-0.15, -0.1) is 0 Å². The number of hydrogen-bond acceptors (Lipinski definition) is 5. The van der Waals surface area contributed by atoms with E-state index in [2.05, 4.69) is 9.88 Å². The molecular formula is C19H21F3N6O2. The molecule has 4 rings (SSSR count). The first-order valence-electron chi connectivity index (χ1n) is 9.42. The standard InChI is InChI=1S/C19H21F3N6O2/c1-24-16-15(17(29)25(2)18(24)30)28(11-23-16)12-26-6-8-27(9-7-26)14-5-3-4-13(10-14)19(20,21)22/h3-5,10-11H,6-9,12H2,1-2H3. The van der Waals surface area contributed by atoms with Gasteiger partial charge in [-0.3, -0.25) is 18.8 Å². The van der Waals surface area contributed by atoms with Gasteiger partial charge in [0.25, 0.3) is 5.56 Å². The van der Waals surface area contributed by atoms with Gasteiger partial charge in [-0.05, 0) is 18.2 Å². The fourth-order valence-electron chi connectivity index (χ4n) is 3.75. The van der Waals surface area contributed by atoms with Crippen molar-refractivity contribution >= 4 is 16.9 Å². The van der Waals surface area contributed by atoms with E-state index >= 15 is 0 Å². The third kappa shape index (κ3) is 3.49. The second kappa shape index (κ2) is 7.31. The normalized spacial score (nSPS) is 15.8. The summed E-state index contributed by atoms with van der Waals surface area (Å²) in [6, 6.07) is 5.34. The number of fused-ring (bicyclic) bond motifs is 1. The monoisotopic (exact) mass is 422 g/mol. The quantitative estimate of drug-likeness (QED) is 0.635. The first kappa shape index (κ1) is 20.2. The highest BCUT2D eigenvalue weighted by molar-refractivity contribution is 5.69. The van der Waals surface area contributed by atoms with Gasteiger partial charge in [0.15, 0.2) is 11.2 Å². The molecule has 0 saturated carbocycles. The number of piperazine rings is 1. The second-order valence-electron chi connectivity index (χ2n) is 7.39. The van der Waals surface area contributed by atoms with Gasteiger partial charge in [-0.25, -0.2) is 9.78 Å². The van der Waals surface area contributed by atoms with E-state index in [0.29, 0.717) is 49.7 Å². The zero-order valence-electron chi connectivity index (χ0n) is 16.6. The number of hydrogen-bond donors (Lipinski definition) is 0. The van der Waals surface area contributed by atoms with Crippen molar-refractivity contribution in [2.75, 3.05) is 31.1 Å². The molecule has 1 aliphatic rings. The highest BCUT2D eigenvalue weighted by Gasteiger charge is 2.31. The molecule has 8 nitrogen and oxygen atoms in total. The summed E-state index contributed by atoms with van der Waals surface area (Å²) < 4.78 is 43.0. The maximum atomic E-state index is 13.0. The predicted octanol–water partition coefficient (Wildman–Crippen LogP) is 1.23. The van der Waals surface area contributed by atoms with E-state index in [1.54, 1.807) is 17.7 Å². The Morgan fingerprint density at radius 2 is 1.73 bits per heavy atom. The van der Waals surface area contributed by atoms with Crippen molar-refractivity contribution in [2.45, 2.75) is 12.8 Å². The SMILES string of the molecule is Cn1c(=O)c2c(ncn2CN2CCN(c3cccc(C(F)(F)F)c3)CC2)n(C)c1=O. The topological polar surface area (TPSA) is 68.3 Å². The largest absolute Gasteiger partial charge is 0.416 e. The van der Waals surface area contributed by atoms with E-state index in [0.717, 1.165) is 10.6 Å². The minimum atomic E-state index is -4.37. The number of anilines is 1. The van der Waals surface area contributed by atoms with Crippen molar-refractivity contribution in [1.29, 1.82) is 0 Å². The Kier molecular flexibility index (Phi) is 4.92. The molecule has 0 atom stereocenters. The highest BCUT2D eigenvalue weighted by Crippen LogP contribution is 2.31. The van der Waals surface area contributed by atoms with Crippen LogP contribution in [0.4, 0.5) is 18.9 Å². The van der Waals surface area contributed by atoms with Crippen molar-refractivity contribution in [3.05, 3.63) is 57.0 Å². The van der Waals surface area contributed by atoms with Crippen LogP contribution in [0.2, 0.25) is 0 Å². The number of nitrogens with zero attached hydrogens (tertiary/aromatic N) is 6. The summed E-state index contributed by atoms with van der Waals surface area (Å²) in [5.74, 6) is 0. The molecule has 1 fully saturated rings. The van der Waals surface area contributed by atoms with Crippen LogP contribution in [0.15, 0.2) is 40.2 Å². The maximum absolute atomic E-state index is 13.0. The molecular weight excluding hydrogens is 401 g/mol. The lowest BCUT2D eigenvalue weighted by Gasteiger charge is -2.36. The fraction of sp³-hybridized carbons (Fsp3) is 0.421. The lowest BCUT2D eigenvalue weighted by Crippen LogP contribution is -2.47. The van der Waals surface area contributed by atoms with E-state index in [4.69, 9.17) is 0 Å². The summed E-state index contributed by atoms with van der Waals surface area (Å²) in [6.07, 6.45) is -2.84. The molecule has 0 bridgehead atoms. The highest BCUT2D eigenvalue weighted by atomic mass is 19.4. The van der Waals surface area contributed by atoms with Gasteiger partial charge in [0.2, 0.25) is 0 Å². The summed E-state index contributed by atoms with van der Waals surface area (Å²) in [5.41, 5.74) is -0.290. The molecule has 1 aromatic carbocycles. The molecule has 0 unspecified atom stereocenters. The summed E-state index contributed by atoms with van der Waals surface area (Å²) in [4.78, 5) is 32.8. The van der Waals surface area contributed by atoms with Gasteiger partial charge in [0, 0.05) is 46.0 Å². The molecule has 11 heteroatoms. The van der Waals surface area contributed by atoms with E-state index in [1.165, 1.54) is 30.1 Å². The molecule has 160 valence electrons. The van der Waals surface area contributed by atoms with Gasteiger partial charge in [0.05, 0.1) is 18.6 Å². The minimum absolute atomic E-state index is 0.325. The molecule has 3 heterocycles. The third-order valence-electron chi connectivity index (χ3n) is 5.48. The Morgan fingerprint density at radius 3 is 2.40 bits per heavy atom.